The highest BCUT2D eigenvalue weighted by Gasteiger charge is 2.32. The van der Waals surface area contributed by atoms with Gasteiger partial charge < -0.3 is 10.1 Å². The van der Waals surface area contributed by atoms with E-state index in [1.165, 1.54) is 6.07 Å². The average molecular weight is 423 g/mol. The van der Waals surface area contributed by atoms with E-state index in [1.807, 2.05) is 4.90 Å². The molecular weight excluding hydrogens is 401 g/mol. The van der Waals surface area contributed by atoms with Crippen LogP contribution in [0.2, 0.25) is 0 Å². The maximum absolute atomic E-state index is 12.9. The van der Waals surface area contributed by atoms with E-state index < -0.39 is 23.4 Å². The third-order valence-electron chi connectivity index (χ3n) is 3.68. The fourth-order valence-corrected chi connectivity index (χ4v) is 3.27. The van der Waals surface area contributed by atoms with Crippen LogP contribution in [0.25, 0.3) is 0 Å². The lowest BCUT2D eigenvalue weighted by atomic mass is 10.1. The number of ether oxygens (including phenoxy) is 1. The van der Waals surface area contributed by atoms with E-state index in [4.69, 9.17) is 4.74 Å². The highest BCUT2D eigenvalue weighted by atomic mass is 79.9. The molecule has 0 bridgehead atoms. The molecule has 4 nitrogen and oxygen atoms in total. The van der Waals surface area contributed by atoms with Crippen LogP contribution in [0.5, 0.6) is 0 Å². The van der Waals surface area contributed by atoms with E-state index in [-0.39, 0.29) is 6.04 Å². The smallest absolute Gasteiger partial charge is 0.416 e. The van der Waals surface area contributed by atoms with Gasteiger partial charge in [0.15, 0.2) is 0 Å². The highest BCUT2D eigenvalue weighted by molar-refractivity contribution is 9.10. The van der Waals surface area contributed by atoms with Gasteiger partial charge in [0.25, 0.3) is 0 Å². The summed E-state index contributed by atoms with van der Waals surface area (Å²) in [4.78, 5) is 13.8. The van der Waals surface area contributed by atoms with Gasteiger partial charge in [0.1, 0.15) is 5.60 Å². The van der Waals surface area contributed by atoms with E-state index in [1.54, 1.807) is 26.8 Å². The fraction of sp³-hybridized carbons (Fsp3) is 0.588. The zero-order chi connectivity index (χ0) is 18.8. The molecule has 140 valence electrons. The largest absolute Gasteiger partial charge is 0.444 e. The van der Waals surface area contributed by atoms with Crippen LogP contribution in [0, 0.1) is 0 Å². The number of alkyl carbamates (subject to hydrolysis) is 1. The van der Waals surface area contributed by atoms with Gasteiger partial charge in [-0.1, -0.05) is 15.9 Å². The van der Waals surface area contributed by atoms with E-state index in [0.29, 0.717) is 29.7 Å². The van der Waals surface area contributed by atoms with E-state index in [2.05, 4.69) is 21.2 Å². The van der Waals surface area contributed by atoms with Crippen molar-refractivity contribution in [1.29, 1.82) is 0 Å². The number of rotatable bonds is 3. The molecule has 0 saturated carbocycles. The molecule has 1 aliphatic heterocycles. The number of amides is 1. The Morgan fingerprint density at radius 1 is 1.32 bits per heavy atom. The third-order valence-corrected chi connectivity index (χ3v) is 4.14. The van der Waals surface area contributed by atoms with Gasteiger partial charge in [-0.3, -0.25) is 4.90 Å². The zero-order valence-electron chi connectivity index (χ0n) is 14.4. The van der Waals surface area contributed by atoms with Crippen molar-refractivity contribution in [2.24, 2.45) is 0 Å². The SMILES string of the molecule is CC(C)(C)OC(=O)NC1CCN(Cc2cc(Br)cc(C(F)(F)F)c2)C1. The standard InChI is InChI=1S/C17H22BrF3N2O2/c1-16(2,3)25-15(24)22-14-4-5-23(10-14)9-11-6-12(17(19,20)21)8-13(18)7-11/h6-8,14H,4-5,9-10H2,1-3H3,(H,22,24). The molecule has 0 radical (unpaired) electrons. The quantitative estimate of drug-likeness (QED) is 0.775. The summed E-state index contributed by atoms with van der Waals surface area (Å²) in [6.45, 7) is 7.05. The van der Waals surface area contributed by atoms with Gasteiger partial charge in [-0.2, -0.15) is 13.2 Å². The number of nitrogens with zero attached hydrogens (tertiary/aromatic N) is 1. The van der Waals surface area contributed by atoms with E-state index >= 15 is 0 Å². The molecule has 2 rings (SSSR count). The first-order valence-corrected chi connectivity index (χ1v) is 8.80. The number of carbonyl (C=O) groups is 1. The molecule has 1 heterocycles. The van der Waals surface area contributed by atoms with Crippen molar-refractivity contribution in [1.82, 2.24) is 10.2 Å². The van der Waals surface area contributed by atoms with Crippen LogP contribution in [0.3, 0.4) is 0 Å². The summed E-state index contributed by atoms with van der Waals surface area (Å²) < 4.78 is 44.3. The Bertz CT molecular complexity index is 629. The van der Waals surface area contributed by atoms with Gasteiger partial charge in [0.2, 0.25) is 0 Å². The van der Waals surface area contributed by atoms with Crippen molar-refractivity contribution in [2.45, 2.75) is 51.6 Å². The molecule has 0 aromatic heterocycles. The molecular formula is C17H22BrF3N2O2. The predicted octanol–water partition coefficient (Wildman–Crippen LogP) is 4.57. The molecule has 1 fully saturated rings. The van der Waals surface area contributed by atoms with Crippen LogP contribution in [-0.2, 0) is 17.5 Å². The second-order valence-corrected chi connectivity index (χ2v) is 8.13. The summed E-state index contributed by atoms with van der Waals surface area (Å²) in [7, 11) is 0. The summed E-state index contributed by atoms with van der Waals surface area (Å²) in [6.07, 6.45) is -4.11. The summed E-state index contributed by atoms with van der Waals surface area (Å²) in [5, 5.41) is 2.81. The number of nitrogens with one attached hydrogen (secondary N) is 1. The second-order valence-electron chi connectivity index (χ2n) is 7.21. The van der Waals surface area contributed by atoms with Crippen molar-refractivity contribution in [3.63, 3.8) is 0 Å². The zero-order valence-corrected chi connectivity index (χ0v) is 16.0. The lowest BCUT2D eigenvalue weighted by Crippen LogP contribution is -2.40. The van der Waals surface area contributed by atoms with Crippen molar-refractivity contribution >= 4 is 22.0 Å². The Hall–Kier alpha value is -1.28. The van der Waals surface area contributed by atoms with E-state index in [0.717, 1.165) is 12.5 Å². The minimum atomic E-state index is -4.37. The van der Waals surface area contributed by atoms with Crippen molar-refractivity contribution in [2.75, 3.05) is 13.1 Å². The van der Waals surface area contributed by atoms with Crippen LogP contribution in [0.4, 0.5) is 18.0 Å². The molecule has 1 aromatic carbocycles. The van der Waals surface area contributed by atoms with Gasteiger partial charge in [0, 0.05) is 30.1 Å². The second kappa shape index (κ2) is 7.53. The Morgan fingerprint density at radius 2 is 2.00 bits per heavy atom. The number of halogens is 4. The maximum atomic E-state index is 12.9. The number of hydrogen-bond donors (Lipinski definition) is 1. The highest BCUT2D eigenvalue weighted by Crippen LogP contribution is 2.32. The van der Waals surface area contributed by atoms with Gasteiger partial charge in [-0.15, -0.1) is 0 Å². The average Bonchev–Trinajstić information content (AvgIpc) is 2.81. The minimum Gasteiger partial charge on any atom is -0.444 e. The molecule has 0 aliphatic carbocycles. The van der Waals surface area contributed by atoms with Gasteiger partial charge in [0.05, 0.1) is 5.56 Å². The molecule has 1 atom stereocenters. The molecule has 1 amide bonds. The Labute approximate surface area is 153 Å². The van der Waals surface area contributed by atoms with Crippen LogP contribution in [-0.4, -0.2) is 35.7 Å². The number of alkyl halides is 3. The minimum absolute atomic E-state index is 0.0657. The van der Waals surface area contributed by atoms with Crippen LogP contribution < -0.4 is 5.32 Å². The first-order valence-electron chi connectivity index (χ1n) is 8.01. The summed E-state index contributed by atoms with van der Waals surface area (Å²) in [5.74, 6) is 0. The molecule has 1 unspecified atom stereocenters. The Morgan fingerprint density at radius 3 is 2.60 bits per heavy atom. The maximum Gasteiger partial charge on any atom is 0.416 e. The van der Waals surface area contributed by atoms with Gasteiger partial charge >= 0.3 is 12.3 Å². The fourth-order valence-electron chi connectivity index (χ4n) is 2.73. The van der Waals surface area contributed by atoms with Crippen LogP contribution >= 0.6 is 15.9 Å². The number of likely N-dealkylation sites (tertiary alicyclic amines) is 1. The van der Waals surface area contributed by atoms with Gasteiger partial charge in [-0.25, -0.2) is 4.79 Å². The van der Waals surface area contributed by atoms with Crippen molar-refractivity contribution in [3.05, 3.63) is 33.8 Å². The molecule has 8 heteroatoms. The summed E-state index contributed by atoms with van der Waals surface area (Å²) >= 11 is 3.14. The molecule has 25 heavy (non-hydrogen) atoms. The van der Waals surface area contributed by atoms with Crippen molar-refractivity contribution < 1.29 is 22.7 Å². The Balaban J connectivity index is 1.93. The molecule has 1 aliphatic rings. The lowest BCUT2D eigenvalue weighted by Gasteiger charge is -2.22. The monoisotopic (exact) mass is 422 g/mol. The topological polar surface area (TPSA) is 41.6 Å². The number of benzene rings is 1. The van der Waals surface area contributed by atoms with Crippen LogP contribution in [0.15, 0.2) is 22.7 Å². The Kier molecular flexibility index (Phi) is 6.04. The van der Waals surface area contributed by atoms with Crippen LogP contribution in [0.1, 0.15) is 38.3 Å². The molecule has 1 N–H and O–H groups in total. The van der Waals surface area contributed by atoms with Gasteiger partial charge in [-0.05, 0) is 51.0 Å². The molecule has 1 aromatic rings. The predicted molar refractivity (Wildman–Crippen MR) is 92.2 cm³/mol. The molecule has 1 saturated heterocycles. The number of carbonyl (C=O) groups excluding carboxylic acids is 1. The summed E-state index contributed by atoms with van der Waals surface area (Å²) in [5.41, 5.74) is -0.647. The third kappa shape index (κ3) is 6.51. The number of hydrogen-bond acceptors (Lipinski definition) is 3. The normalized spacial score (nSPS) is 19.1. The van der Waals surface area contributed by atoms with Crippen molar-refractivity contribution in [3.8, 4) is 0 Å². The van der Waals surface area contributed by atoms with E-state index in [9.17, 15) is 18.0 Å². The molecule has 0 spiro atoms. The first kappa shape index (κ1) is 20.0. The first-order chi connectivity index (χ1) is 11.4. The summed E-state index contributed by atoms with van der Waals surface area (Å²) in [6, 6.07) is 3.85. The lowest BCUT2D eigenvalue weighted by molar-refractivity contribution is -0.137.